The fraction of sp³-hybridized carbons (Fsp3) is 0. The van der Waals surface area contributed by atoms with Gasteiger partial charge >= 0.3 is 0 Å². The molecule has 270 valence electrons. The molecule has 0 fully saturated rings. The lowest BCUT2D eigenvalue weighted by Crippen LogP contribution is -2.06. The molecule has 0 bridgehead atoms. The molecule has 12 rings (SSSR count). The second kappa shape index (κ2) is 13.1. The molecule has 0 radical (unpaired) electrons. The first kappa shape index (κ1) is 32.7. The average molecular weight is 757 g/mol. The lowest BCUT2D eigenvalue weighted by atomic mass is 9.96. The molecule has 12 aromatic rings. The maximum Gasteiger partial charge on any atom is 0.238 e. The van der Waals surface area contributed by atoms with E-state index in [0.717, 1.165) is 33.1 Å². The molecular formula is C53H32N4S. The zero-order chi connectivity index (χ0) is 38.2. The van der Waals surface area contributed by atoms with Crippen LogP contribution in [0.3, 0.4) is 0 Å². The van der Waals surface area contributed by atoms with Gasteiger partial charge in [0.25, 0.3) is 0 Å². The van der Waals surface area contributed by atoms with Crippen LogP contribution in [0.25, 0.3) is 115 Å². The van der Waals surface area contributed by atoms with E-state index in [1.165, 1.54) is 63.8 Å². The summed E-state index contributed by atoms with van der Waals surface area (Å²) in [5, 5.41) is 9.69. The van der Waals surface area contributed by atoms with E-state index < -0.39 is 0 Å². The third-order valence-corrected chi connectivity index (χ3v) is 12.7. The topological polar surface area (TPSA) is 43.6 Å². The molecule has 0 aliphatic carbocycles. The molecule has 4 nitrogen and oxygen atoms in total. The minimum atomic E-state index is 0.585. The van der Waals surface area contributed by atoms with Crippen LogP contribution < -0.4 is 0 Å². The predicted molar refractivity (Wildman–Crippen MR) is 244 cm³/mol. The van der Waals surface area contributed by atoms with Crippen molar-refractivity contribution in [3.8, 4) is 51.0 Å². The van der Waals surface area contributed by atoms with E-state index in [4.69, 9.17) is 15.0 Å². The number of nitrogens with zero attached hydrogens (tertiary/aromatic N) is 4. The first-order valence-electron chi connectivity index (χ1n) is 19.5. The molecule has 0 unspecified atom stereocenters. The number of hydrogen-bond donors (Lipinski definition) is 0. The largest absolute Gasteiger partial charge is 0.277 e. The van der Waals surface area contributed by atoms with Gasteiger partial charge in [0, 0.05) is 47.5 Å². The van der Waals surface area contributed by atoms with Gasteiger partial charge in [-0.05, 0) is 56.6 Å². The van der Waals surface area contributed by atoms with Crippen LogP contribution in [-0.2, 0) is 0 Å². The second-order valence-electron chi connectivity index (χ2n) is 14.8. The van der Waals surface area contributed by atoms with Crippen LogP contribution in [0.5, 0.6) is 0 Å². The number of benzene rings is 9. The normalized spacial score (nSPS) is 11.8. The van der Waals surface area contributed by atoms with Crippen molar-refractivity contribution in [3.05, 3.63) is 194 Å². The van der Waals surface area contributed by atoms with E-state index in [9.17, 15) is 0 Å². The van der Waals surface area contributed by atoms with Crippen molar-refractivity contribution >= 4 is 74.9 Å². The minimum absolute atomic E-state index is 0.585. The van der Waals surface area contributed by atoms with Gasteiger partial charge < -0.3 is 0 Å². The number of fused-ring (bicyclic) bond motifs is 11. The highest BCUT2D eigenvalue weighted by atomic mass is 32.1. The zero-order valence-corrected chi connectivity index (χ0v) is 32.0. The van der Waals surface area contributed by atoms with Crippen molar-refractivity contribution in [3.63, 3.8) is 0 Å². The summed E-state index contributed by atoms with van der Waals surface area (Å²) in [4.78, 5) is 15.8. The number of hydrogen-bond acceptors (Lipinski definition) is 4. The van der Waals surface area contributed by atoms with E-state index in [1.807, 2.05) is 47.7 Å². The molecule has 0 spiro atoms. The van der Waals surface area contributed by atoms with Crippen molar-refractivity contribution in [2.75, 3.05) is 0 Å². The monoisotopic (exact) mass is 756 g/mol. The Bertz CT molecular complexity index is 3500. The maximum atomic E-state index is 5.34. The molecule has 0 aliphatic heterocycles. The van der Waals surface area contributed by atoms with Gasteiger partial charge in [-0.15, -0.1) is 11.3 Å². The Kier molecular flexibility index (Phi) is 7.37. The van der Waals surface area contributed by atoms with Crippen LogP contribution in [0.4, 0.5) is 0 Å². The Morgan fingerprint density at radius 3 is 1.69 bits per heavy atom. The van der Waals surface area contributed by atoms with Crippen LogP contribution in [0.15, 0.2) is 194 Å². The summed E-state index contributed by atoms with van der Waals surface area (Å²) in [7, 11) is 0. The van der Waals surface area contributed by atoms with Crippen LogP contribution >= 0.6 is 11.3 Å². The molecule has 0 saturated carbocycles. The molecule has 0 N–H and O–H groups in total. The van der Waals surface area contributed by atoms with Crippen molar-refractivity contribution in [1.82, 2.24) is 19.5 Å². The van der Waals surface area contributed by atoms with Crippen molar-refractivity contribution < 1.29 is 0 Å². The zero-order valence-electron chi connectivity index (χ0n) is 31.2. The average Bonchev–Trinajstić information content (AvgIpc) is 3.86. The van der Waals surface area contributed by atoms with Gasteiger partial charge in [-0.3, -0.25) is 4.57 Å². The van der Waals surface area contributed by atoms with Gasteiger partial charge in [-0.1, -0.05) is 176 Å². The van der Waals surface area contributed by atoms with Crippen molar-refractivity contribution in [2.24, 2.45) is 0 Å². The van der Waals surface area contributed by atoms with Crippen LogP contribution in [0, 0.1) is 0 Å². The molecule has 5 heteroatoms. The molecule has 0 aliphatic rings. The molecule has 3 heterocycles. The molecule has 0 atom stereocenters. The predicted octanol–water partition coefficient (Wildman–Crippen LogP) is 14.3. The van der Waals surface area contributed by atoms with E-state index in [0.29, 0.717) is 17.6 Å². The summed E-state index contributed by atoms with van der Waals surface area (Å²) >= 11 is 1.88. The number of thiophene rings is 1. The van der Waals surface area contributed by atoms with E-state index >= 15 is 0 Å². The van der Waals surface area contributed by atoms with Crippen LogP contribution in [-0.4, -0.2) is 19.5 Å². The van der Waals surface area contributed by atoms with Gasteiger partial charge in [0.1, 0.15) is 0 Å². The van der Waals surface area contributed by atoms with Gasteiger partial charge in [0.2, 0.25) is 5.95 Å². The van der Waals surface area contributed by atoms with Gasteiger partial charge in [-0.2, -0.15) is 9.97 Å². The summed E-state index contributed by atoms with van der Waals surface area (Å²) in [5.41, 5.74) is 8.79. The summed E-state index contributed by atoms with van der Waals surface area (Å²) < 4.78 is 4.82. The lowest BCUT2D eigenvalue weighted by molar-refractivity contribution is 0.955. The first-order valence-corrected chi connectivity index (χ1v) is 20.3. The smallest absolute Gasteiger partial charge is 0.238 e. The van der Waals surface area contributed by atoms with Crippen molar-refractivity contribution in [1.29, 1.82) is 0 Å². The molecule has 9 aromatic carbocycles. The van der Waals surface area contributed by atoms with E-state index in [-0.39, 0.29) is 0 Å². The number of rotatable bonds is 5. The fourth-order valence-electron chi connectivity index (χ4n) is 8.74. The second-order valence-corrected chi connectivity index (χ2v) is 15.8. The fourth-order valence-corrected chi connectivity index (χ4v) is 10.1. The molecule has 0 amide bonds. The van der Waals surface area contributed by atoms with E-state index in [1.54, 1.807) is 0 Å². The first-order chi connectivity index (χ1) is 28.8. The van der Waals surface area contributed by atoms with E-state index in [2.05, 4.69) is 162 Å². The summed E-state index contributed by atoms with van der Waals surface area (Å²) in [6.45, 7) is 0. The lowest BCUT2D eigenvalue weighted by Gasteiger charge is -2.12. The standard InChI is InChI=1S/C53H32N4S/c1-4-15-33(16-5-1)38-29-30-45-44(32-38)46-41-23-12-13-24-42(41)50-47(43-26-14-25-40(49(43)58-50)39-28-27-34-17-10-11-22-37(34)31-39)48(46)57(45)53-55-51(35-18-6-2-7-19-35)54-52(56-53)36-20-8-3-9-21-36/h1-32H. The Morgan fingerprint density at radius 2 is 0.966 bits per heavy atom. The highest BCUT2D eigenvalue weighted by molar-refractivity contribution is 7.27. The van der Waals surface area contributed by atoms with Gasteiger partial charge in [0.15, 0.2) is 11.6 Å². The summed E-state index contributed by atoms with van der Waals surface area (Å²) in [6, 6.07) is 69.0. The Balaban J connectivity index is 1.26. The maximum absolute atomic E-state index is 5.34. The quantitative estimate of drug-likeness (QED) is 0.176. The molecule has 58 heavy (non-hydrogen) atoms. The summed E-state index contributed by atoms with van der Waals surface area (Å²) in [5.74, 6) is 1.85. The Morgan fingerprint density at radius 1 is 0.362 bits per heavy atom. The Hall–Kier alpha value is -7.47. The molecular weight excluding hydrogens is 725 g/mol. The Labute approximate surface area is 338 Å². The highest BCUT2D eigenvalue weighted by Crippen LogP contribution is 2.50. The molecule has 3 aromatic heterocycles. The summed E-state index contributed by atoms with van der Waals surface area (Å²) in [6.07, 6.45) is 0. The van der Waals surface area contributed by atoms with Crippen molar-refractivity contribution in [2.45, 2.75) is 0 Å². The minimum Gasteiger partial charge on any atom is -0.277 e. The highest BCUT2D eigenvalue weighted by Gasteiger charge is 2.25. The third kappa shape index (κ3) is 5.11. The third-order valence-electron chi connectivity index (χ3n) is 11.4. The van der Waals surface area contributed by atoms with Crippen LogP contribution in [0.1, 0.15) is 0 Å². The van der Waals surface area contributed by atoms with Gasteiger partial charge in [-0.25, -0.2) is 4.98 Å². The van der Waals surface area contributed by atoms with Gasteiger partial charge in [0.05, 0.1) is 11.0 Å². The van der Waals surface area contributed by atoms with Crippen LogP contribution in [0.2, 0.25) is 0 Å². The number of aromatic nitrogens is 4. The molecule has 0 saturated heterocycles. The SMILES string of the molecule is c1ccc(-c2ccc3c(c2)c2c4ccccc4c4sc5c(-c6ccc7ccccc7c6)cccc5c4c2n3-c2nc(-c3ccccc3)nc(-c3ccccc3)n2)cc1.